The van der Waals surface area contributed by atoms with E-state index in [0.717, 1.165) is 18.4 Å². The fourth-order valence-electron chi connectivity index (χ4n) is 4.29. The van der Waals surface area contributed by atoms with Gasteiger partial charge in [0.05, 0.1) is 10.5 Å². The second-order valence-corrected chi connectivity index (χ2v) is 11.9. The smallest absolute Gasteiger partial charge is 0.193 e. The molecule has 0 aromatic heterocycles. The molecule has 2 fully saturated rings. The number of nitrogens with zero attached hydrogens (tertiary/aromatic N) is 3. The van der Waals surface area contributed by atoms with Crippen LogP contribution in [-0.4, -0.2) is 67.9 Å². The summed E-state index contributed by atoms with van der Waals surface area (Å²) in [7, 11) is -1.30. The predicted octanol–water partition coefficient (Wildman–Crippen LogP) is 2.50. The lowest BCUT2D eigenvalue weighted by Gasteiger charge is -2.39. The number of hydrogen-bond donors (Lipinski definition) is 1. The highest BCUT2D eigenvalue weighted by molar-refractivity contribution is 7.92. The van der Waals surface area contributed by atoms with Crippen LogP contribution in [0.15, 0.2) is 29.3 Å². The molecule has 1 aromatic rings. The zero-order valence-electron chi connectivity index (χ0n) is 18.3. The van der Waals surface area contributed by atoms with Crippen molar-refractivity contribution >= 4 is 15.8 Å². The molecule has 2 aliphatic heterocycles. The number of hydrogen-bond acceptors (Lipinski definition) is 4. The van der Waals surface area contributed by atoms with Gasteiger partial charge in [-0.05, 0) is 50.3 Å². The van der Waals surface area contributed by atoms with Crippen molar-refractivity contribution in [2.24, 2.45) is 10.9 Å². The first-order valence-corrected chi connectivity index (χ1v) is 12.3. The first-order chi connectivity index (χ1) is 13.7. The van der Waals surface area contributed by atoms with Gasteiger partial charge in [0.15, 0.2) is 15.8 Å². The number of nitrogens with one attached hydrogen (secondary N) is 1. The Bertz CT molecular complexity index is 818. The SMILES string of the molecule is CN=C(NCc1ccc(CN2CCCC(C)C2)cc1)N1CCS(=O)(=O)C(C)(C)C1. The third-order valence-electron chi connectivity index (χ3n) is 6.18. The Hall–Kier alpha value is -1.60. The molecule has 7 heteroatoms. The Kier molecular flexibility index (Phi) is 6.89. The maximum atomic E-state index is 12.2. The molecule has 29 heavy (non-hydrogen) atoms. The van der Waals surface area contributed by atoms with Crippen LogP contribution in [0.25, 0.3) is 0 Å². The molecule has 2 aliphatic rings. The molecule has 1 N–H and O–H groups in total. The lowest BCUT2D eigenvalue weighted by molar-refractivity contribution is 0.176. The van der Waals surface area contributed by atoms with E-state index in [-0.39, 0.29) is 5.75 Å². The number of guanidine groups is 1. The summed E-state index contributed by atoms with van der Waals surface area (Å²) in [6.07, 6.45) is 2.65. The van der Waals surface area contributed by atoms with Crippen molar-refractivity contribution in [1.82, 2.24) is 15.1 Å². The molecular weight excluding hydrogens is 384 g/mol. The van der Waals surface area contributed by atoms with E-state index >= 15 is 0 Å². The zero-order valence-corrected chi connectivity index (χ0v) is 19.1. The van der Waals surface area contributed by atoms with Gasteiger partial charge in [-0.1, -0.05) is 31.2 Å². The summed E-state index contributed by atoms with van der Waals surface area (Å²) in [6, 6.07) is 8.78. The normalized spacial score (nSPS) is 25.0. The van der Waals surface area contributed by atoms with Crippen molar-refractivity contribution in [1.29, 1.82) is 0 Å². The quantitative estimate of drug-likeness (QED) is 0.599. The number of benzene rings is 1. The van der Waals surface area contributed by atoms with Crippen LogP contribution in [0, 0.1) is 5.92 Å². The number of aliphatic imine (C=N–C) groups is 1. The Morgan fingerprint density at radius 1 is 1.21 bits per heavy atom. The molecule has 1 atom stereocenters. The second kappa shape index (κ2) is 9.04. The second-order valence-electron chi connectivity index (χ2n) is 9.20. The Balaban J connectivity index is 1.53. The highest BCUT2D eigenvalue weighted by Gasteiger charge is 2.40. The monoisotopic (exact) mass is 420 g/mol. The van der Waals surface area contributed by atoms with Crippen LogP contribution in [0.5, 0.6) is 0 Å². The van der Waals surface area contributed by atoms with E-state index in [4.69, 9.17) is 0 Å². The summed E-state index contributed by atoms with van der Waals surface area (Å²) in [5.41, 5.74) is 2.56. The number of sulfone groups is 1. The van der Waals surface area contributed by atoms with E-state index in [1.807, 2.05) is 4.90 Å². The lowest BCUT2D eigenvalue weighted by atomic mass is 9.99. The fraction of sp³-hybridized carbons (Fsp3) is 0.682. The summed E-state index contributed by atoms with van der Waals surface area (Å²) in [5.74, 6) is 1.73. The predicted molar refractivity (Wildman–Crippen MR) is 120 cm³/mol. The van der Waals surface area contributed by atoms with Crippen molar-refractivity contribution in [3.8, 4) is 0 Å². The van der Waals surface area contributed by atoms with E-state index in [1.54, 1.807) is 20.9 Å². The minimum absolute atomic E-state index is 0.171. The molecule has 0 spiro atoms. The van der Waals surface area contributed by atoms with Crippen LogP contribution in [0.1, 0.15) is 44.7 Å². The molecule has 6 nitrogen and oxygen atoms in total. The summed E-state index contributed by atoms with van der Waals surface area (Å²) in [6.45, 7) is 11.0. The standard InChI is InChI=1S/C22H36N4O2S/c1-18-6-5-11-25(15-18)16-20-9-7-19(8-10-20)14-24-21(23-4)26-12-13-29(27,28)22(2,3)17-26/h7-10,18H,5-6,11-17H2,1-4H3,(H,23,24). The van der Waals surface area contributed by atoms with Gasteiger partial charge >= 0.3 is 0 Å². The van der Waals surface area contributed by atoms with Crippen molar-refractivity contribution in [3.63, 3.8) is 0 Å². The zero-order chi connectivity index (χ0) is 21.1. The average molecular weight is 421 g/mol. The molecule has 0 bridgehead atoms. The van der Waals surface area contributed by atoms with Gasteiger partial charge in [-0.25, -0.2) is 8.42 Å². The minimum Gasteiger partial charge on any atom is -0.352 e. The third-order valence-corrected chi connectivity index (χ3v) is 8.71. The fourth-order valence-corrected chi connectivity index (χ4v) is 5.65. The van der Waals surface area contributed by atoms with E-state index in [9.17, 15) is 8.42 Å². The topological polar surface area (TPSA) is 65.0 Å². The molecule has 0 radical (unpaired) electrons. The van der Waals surface area contributed by atoms with Crippen molar-refractivity contribution < 1.29 is 8.42 Å². The molecule has 1 aromatic carbocycles. The molecule has 2 saturated heterocycles. The summed E-state index contributed by atoms with van der Waals surface area (Å²) in [5, 5.41) is 3.40. The van der Waals surface area contributed by atoms with Crippen molar-refractivity contribution in [2.45, 2.75) is 51.4 Å². The molecule has 0 aliphatic carbocycles. The lowest BCUT2D eigenvalue weighted by Crippen LogP contribution is -2.57. The van der Waals surface area contributed by atoms with Gasteiger partial charge in [-0.15, -0.1) is 0 Å². The molecule has 162 valence electrons. The van der Waals surface area contributed by atoms with E-state index in [1.165, 1.54) is 37.1 Å². The van der Waals surface area contributed by atoms with Crippen LogP contribution in [0.4, 0.5) is 0 Å². The van der Waals surface area contributed by atoms with Crippen LogP contribution in [0.3, 0.4) is 0 Å². The van der Waals surface area contributed by atoms with Gasteiger partial charge in [-0.2, -0.15) is 0 Å². The van der Waals surface area contributed by atoms with E-state index in [0.29, 0.717) is 19.6 Å². The molecule has 0 saturated carbocycles. The number of likely N-dealkylation sites (tertiary alicyclic amines) is 1. The third kappa shape index (κ3) is 5.51. The molecular formula is C22H36N4O2S. The Labute approximate surface area is 176 Å². The van der Waals surface area contributed by atoms with Gasteiger partial charge in [0, 0.05) is 39.8 Å². The van der Waals surface area contributed by atoms with Crippen molar-refractivity contribution in [2.75, 3.05) is 39.0 Å². The first kappa shape index (κ1) is 22.1. The highest BCUT2D eigenvalue weighted by Crippen LogP contribution is 2.24. The molecule has 0 amide bonds. The van der Waals surface area contributed by atoms with Gasteiger partial charge < -0.3 is 10.2 Å². The van der Waals surface area contributed by atoms with Crippen LogP contribution < -0.4 is 5.32 Å². The largest absolute Gasteiger partial charge is 0.352 e. The van der Waals surface area contributed by atoms with E-state index in [2.05, 4.69) is 46.4 Å². The summed E-state index contributed by atoms with van der Waals surface area (Å²) >= 11 is 0. The van der Waals surface area contributed by atoms with Crippen LogP contribution in [0.2, 0.25) is 0 Å². The minimum atomic E-state index is -3.05. The molecule has 2 heterocycles. The maximum absolute atomic E-state index is 12.2. The van der Waals surface area contributed by atoms with Gasteiger partial charge in [-0.3, -0.25) is 9.89 Å². The molecule has 3 rings (SSSR count). The maximum Gasteiger partial charge on any atom is 0.193 e. The van der Waals surface area contributed by atoms with Crippen molar-refractivity contribution in [3.05, 3.63) is 35.4 Å². The van der Waals surface area contributed by atoms with Gasteiger partial charge in [0.25, 0.3) is 0 Å². The summed E-state index contributed by atoms with van der Waals surface area (Å²) in [4.78, 5) is 8.97. The highest BCUT2D eigenvalue weighted by atomic mass is 32.2. The van der Waals surface area contributed by atoms with E-state index < -0.39 is 14.6 Å². The van der Waals surface area contributed by atoms with Gasteiger partial charge in [0.1, 0.15) is 0 Å². The first-order valence-electron chi connectivity index (χ1n) is 10.7. The summed E-state index contributed by atoms with van der Waals surface area (Å²) < 4.78 is 23.7. The Morgan fingerprint density at radius 2 is 1.90 bits per heavy atom. The molecule has 1 unspecified atom stereocenters. The van der Waals surface area contributed by atoms with Crippen LogP contribution in [-0.2, 0) is 22.9 Å². The van der Waals surface area contributed by atoms with Gasteiger partial charge in [0.2, 0.25) is 0 Å². The van der Waals surface area contributed by atoms with Crippen LogP contribution >= 0.6 is 0 Å². The average Bonchev–Trinajstić information content (AvgIpc) is 2.66. The number of rotatable bonds is 4. The Morgan fingerprint density at radius 3 is 2.52 bits per heavy atom. The number of piperidine rings is 1.